The predicted octanol–water partition coefficient (Wildman–Crippen LogP) is 4.91. The van der Waals surface area contributed by atoms with Gasteiger partial charge in [-0.25, -0.2) is 14.4 Å². The van der Waals surface area contributed by atoms with Crippen LogP contribution in [0.1, 0.15) is 23.9 Å². The number of benzene rings is 2. The van der Waals surface area contributed by atoms with Crippen molar-refractivity contribution in [1.82, 2.24) is 15.1 Å². The van der Waals surface area contributed by atoms with E-state index in [2.05, 4.69) is 20.4 Å². The molecule has 27 heavy (non-hydrogen) atoms. The molecule has 0 bridgehead atoms. The zero-order valence-corrected chi connectivity index (χ0v) is 15.2. The highest BCUT2D eigenvalue weighted by molar-refractivity contribution is 5.93. The average molecular weight is 362 g/mol. The van der Waals surface area contributed by atoms with E-state index in [1.54, 1.807) is 12.1 Å². The fourth-order valence-corrected chi connectivity index (χ4v) is 2.85. The molecule has 0 spiro atoms. The monoisotopic (exact) mass is 362 g/mol. The Labute approximate surface area is 156 Å². The number of anilines is 1. The Morgan fingerprint density at radius 3 is 2.44 bits per heavy atom. The van der Waals surface area contributed by atoms with Crippen molar-refractivity contribution in [3.05, 3.63) is 71.3 Å². The van der Waals surface area contributed by atoms with E-state index >= 15 is 0 Å². The first kappa shape index (κ1) is 17.1. The molecule has 0 atom stereocenters. The number of nitrogens with zero attached hydrogens (tertiary/aromatic N) is 3. The van der Waals surface area contributed by atoms with Gasteiger partial charge in [0.25, 0.3) is 0 Å². The Bertz CT molecular complexity index is 1070. The lowest BCUT2D eigenvalue weighted by atomic mass is 10.1. The number of nitrogens with one attached hydrogen (secondary N) is 1. The van der Waals surface area contributed by atoms with Gasteiger partial charge in [-0.3, -0.25) is 0 Å². The van der Waals surface area contributed by atoms with Crippen LogP contribution in [0.3, 0.4) is 0 Å². The fourth-order valence-electron chi connectivity index (χ4n) is 2.85. The van der Waals surface area contributed by atoms with Crippen LogP contribution in [0.25, 0.3) is 22.4 Å². The maximum absolute atomic E-state index is 13.1. The Morgan fingerprint density at radius 1 is 1.00 bits per heavy atom. The quantitative estimate of drug-likeness (QED) is 0.547. The predicted molar refractivity (Wildman–Crippen MR) is 103 cm³/mol. The van der Waals surface area contributed by atoms with E-state index in [4.69, 9.17) is 4.52 Å². The highest BCUT2D eigenvalue weighted by Crippen LogP contribution is 2.30. The molecule has 0 saturated carbocycles. The van der Waals surface area contributed by atoms with Crippen molar-refractivity contribution in [2.45, 2.75) is 26.8 Å². The second-order valence-electron chi connectivity index (χ2n) is 6.40. The number of aryl methyl sites for hydroxylation is 2. The van der Waals surface area contributed by atoms with Crippen molar-refractivity contribution in [1.29, 1.82) is 0 Å². The summed E-state index contributed by atoms with van der Waals surface area (Å²) in [6.07, 6.45) is 0.694. The molecule has 0 saturated heterocycles. The fraction of sp³-hybridized carbons (Fsp3) is 0.190. The molecule has 0 aliphatic rings. The summed E-state index contributed by atoms with van der Waals surface area (Å²) in [6, 6.07) is 14.4. The summed E-state index contributed by atoms with van der Waals surface area (Å²) in [5.41, 5.74) is 4.98. The zero-order valence-electron chi connectivity index (χ0n) is 15.2. The van der Waals surface area contributed by atoms with Crippen molar-refractivity contribution in [2.24, 2.45) is 0 Å². The van der Waals surface area contributed by atoms with Crippen molar-refractivity contribution >= 4 is 16.9 Å². The normalized spacial score (nSPS) is 11.1. The topological polar surface area (TPSA) is 63.8 Å². The van der Waals surface area contributed by atoms with E-state index in [9.17, 15) is 4.39 Å². The van der Waals surface area contributed by atoms with E-state index in [0.29, 0.717) is 41.4 Å². The maximum atomic E-state index is 13.1. The lowest BCUT2D eigenvalue weighted by Gasteiger charge is -2.07. The third-order valence-electron chi connectivity index (χ3n) is 4.38. The van der Waals surface area contributed by atoms with Crippen LogP contribution in [0.2, 0.25) is 0 Å². The molecule has 6 heteroatoms. The number of halogens is 1. The van der Waals surface area contributed by atoms with Gasteiger partial charge in [0.1, 0.15) is 22.9 Å². The average Bonchev–Trinajstić information content (AvgIpc) is 3.12. The molecule has 2 aromatic carbocycles. The van der Waals surface area contributed by atoms with Gasteiger partial charge in [-0.05, 0) is 24.6 Å². The molecule has 0 radical (unpaired) electrons. The highest BCUT2D eigenvalue weighted by Gasteiger charge is 2.18. The molecule has 1 N–H and O–H groups in total. The first-order chi connectivity index (χ1) is 13.1. The van der Waals surface area contributed by atoms with Crippen LogP contribution >= 0.6 is 0 Å². The van der Waals surface area contributed by atoms with Crippen molar-refractivity contribution < 1.29 is 8.91 Å². The summed E-state index contributed by atoms with van der Waals surface area (Å²) in [5.74, 6) is 1.04. The Balaban J connectivity index is 1.72. The molecule has 136 valence electrons. The van der Waals surface area contributed by atoms with E-state index < -0.39 is 0 Å². The molecule has 0 unspecified atom stereocenters. The van der Waals surface area contributed by atoms with E-state index in [0.717, 1.165) is 11.1 Å². The van der Waals surface area contributed by atoms with Crippen LogP contribution in [0.15, 0.2) is 53.1 Å². The van der Waals surface area contributed by atoms with E-state index in [1.807, 2.05) is 38.1 Å². The Morgan fingerprint density at radius 2 is 1.74 bits per heavy atom. The molecule has 0 amide bonds. The minimum atomic E-state index is -0.255. The maximum Gasteiger partial charge on any atom is 0.228 e. The SMILES string of the molecule is CCc1nc(NCc2ccc(F)cc2)c2onc(-c3ccc(C)cc3)c2n1. The van der Waals surface area contributed by atoms with Crippen LogP contribution in [0.5, 0.6) is 0 Å². The third kappa shape index (κ3) is 3.51. The second kappa shape index (κ2) is 7.15. The minimum Gasteiger partial charge on any atom is -0.363 e. The molecule has 5 nitrogen and oxygen atoms in total. The molecule has 2 heterocycles. The summed E-state index contributed by atoms with van der Waals surface area (Å²) >= 11 is 0. The van der Waals surface area contributed by atoms with Crippen molar-refractivity contribution in [2.75, 3.05) is 5.32 Å². The first-order valence-corrected chi connectivity index (χ1v) is 8.85. The van der Waals surface area contributed by atoms with Crippen LogP contribution in [-0.2, 0) is 13.0 Å². The molecular formula is C21H19FN4O. The van der Waals surface area contributed by atoms with Gasteiger partial charge in [-0.2, -0.15) is 0 Å². The van der Waals surface area contributed by atoms with Crippen molar-refractivity contribution in [3.63, 3.8) is 0 Å². The van der Waals surface area contributed by atoms with E-state index in [-0.39, 0.29) is 5.82 Å². The third-order valence-corrected chi connectivity index (χ3v) is 4.38. The largest absolute Gasteiger partial charge is 0.363 e. The van der Waals surface area contributed by atoms with Crippen LogP contribution in [0.4, 0.5) is 10.2 Å². The highest BCUT2D eigenvalue weighted by atomic mass is 19.1. The summed E-state index contributed by atoms with van der Waals surface area (Å²) in [4.78, 5) is 9.17. The molecule has 4 rings (SSSR count). The van der Waals surface area contributed by atoms with E-state index in [1.165, 1.54) is 17.7 Å². The number of hydrogen-bond acceptors (Lipinski definition) is 5. The molecule has 0 fully saturated rings. The smallest absolute Gasteiger partial charge is 0.228 e. The van der Waals surface area contributed by atoms with Crippen LogP contribution in [0, 0.1) is 12.7 Å². The van der Waals surface area contributed by atoms with Gasteiger partial charge in [0.15, 0.2) is 5.82 Å². The molecule has 0 aliphatic carbocycles. The van der Waals surface area contributed by atoms with Gasteiger partial charge in [0, 0.05) is 18.5 Å². The summed E-state index contributed by atoms with van der Waals surface area (Å²) in [5, 5.41) is 7.50. The molecular weight excluding hydrogens is 343 g/mol. The lowest BCUT2D eigenvalue weighted by molar-refractivity contribution is 0.459. The van der Waals surface area contributed by atoms with Crippen molar-refractivity contribution in [3.8, 4) is 11.3 Å². The molecule has 4 aromatic rings. The lowest BCUT2D eigenvalue weighted by Crippen LogP contribution is -2.05. The van der Waals surface area contributed by atoms with Crippen LogP contribution < -0.4 is 5.32 Å². The minimum absolute atomic E-state index is 0.255. The van der Waals surface area contributed by atoms with Gasteiger partial charge in [0.05, 0.1) is 0 Å². The summed E-state index contributed by atoms with van der Waals surface area (Å²) in [7, 11) is 0. The number of fused-ring (bicyclic) bond motifs is 1. The number of hydrogen-bond donors (Lipinski definition) is 1. The van der Waals surface area contributed by atoms with Gasteiger partial charge in [-0.15, -0.1) is 0 Å². The standard InChI is InChI=1S/C21H19FN4O/c1-3-17-24-19-18(15-8-4-13(2)5-9-15)26-27-20(19)21(25-17)23-12-14-6-10-16(22)11-7-14/h4-11H,3,12H2,1-2H3,(H,23,24,25). The number of aromatic nitrogens is 3. The van der Waals surface area contributed by atoms with Gasteiger partial charge < -0.3 is 9.84 Å². The Hall–Kier alpha value is -3.28. The van der Waals surface area contributed by atoms with Gasteiger partial charge in [-0.1, -0.05) is 54.0 Å². The molecule has 2 aromatic heterocycles. The Kier molecular flexibility index (Phi) is 4.54. The van der Waals surface area contributed by atoms with Crippen LogP contribution in [-0.4, -0.2) is 15.1 Å². The first-order valence-electron chi connectivity index (χ1n) is 8.85. The van der Waals surface area contributed by atoms with Gasteiger partial charge in [0.2, 0.25) is 5.58 Å². The number of rotatable bonds is 5. The summed E-state index contributed by atoms with van der Waals surface area (Å²) in [6.45, 7) is 4.54. The molecule has 0 aliphatic heterocycles. The zero-order chi connectivity index (χ0) is 18.8. The summed E-state index contributed by atoms with van der Waals surface area (Å²) < 4.78 is 18.7. The van der Waals surface area contributed by atoms with Gasteiger partial charge >= 0.3 is 0 Å². The second-order valence-corrected chi connectivity index (χ2v) is 6.40.